The highest BCUT2D eigenvalue weighted by molar-refractivity contribution is 5.88. The van der Waals surface area contributed by atoms with E-state index in [4.69, 9.17) is 14.5 Å². The smallest absolute Gasteiger partial charge is 0.411 e. The molecule has 26 heavy (non-hydrogen) atoms. The van der Waals surface area contributed by atoms with Gasteiger partial charge < -0.3 is 9.53 Å². The van der Waals surface area contributed by atoms with E-state index in [0.29, 0.717) is 6.29 Å². The van der Waals surface area contributed by atoms with Crippen molar-refractivity contribution in [3.8, 4) is 0 Å². The third-order valence-corrected chi connectivity index (χ3v) is 4.07. The Hall–Kier alpha value is -2.41. The number of carbonyl (C=O) groups excluding carboxylic acids is 3. The predicted molar refractivity (Wildman–Crippen MR) is 95.0 cm³/mol. The molecule has 0 aliphatic carbocycles. The lowest BCUT2D eigenvalue weighted by Crippen LogP contribution is -2.59. The Balaban J connectivity index is 2.87. The summed E-state index contributed by atoms with van der Waals surface area (Å²) in [6.45, 7) is 8.13. The standard InChI is InChI=1S/C19H27NO6/c1-14(12-21)19(5,20(6)17(23)25-18(2,3)4)16(22)26-24-13-15-10-8-7-9-11-15/h7-12,14H,13H2,1-6H3/t14?,19-/m0/s1. The first-order valence-corrected chi connectivity index (χ1v) is 8.32. The molecule has 1 unspecified atom stereocenters. The second kappa shape index (κ2) is 8.80. The molecular weight excluding hydrogens is 338 g/mol. The van der Waals surface area contributed by atoms with E-state index in [9.17, 15) is 14.4 Å². The minimum absolute atomic E-state index is 0.0499. The fourth-order valence-electron chi connectivity index (χ4n) is 2.09. The summed E-state index contributed by atoms with van der Waals surface area (Å²) in [6.07, 6.45) is -0.159. The number of likely N-dealkylation sites (N-methyl/N-ethyl adjacent to an activating group) is 1. The van der Waals surface area contributed by atoms with Gasteiger partial charge in [0, 0.05) is 13.0 Å². The van der Waals surface area contributed by atoms with E-state index < -0.39 is 29.1 Å². The second-order valence-corrected chi connectivity index (χ2v) is 7.23. The van der Waals surface area contributed by atoms with Crippen LogP contribution in [0.4, 0.5) is 4.79 Å². The number of benzene rings is 1. The molecule has 0 radical (unpaired) electrons. The van der Waals surface area contributed by atoms with Gasteiger partial charge in [0.1, 0.15) is 18.5 Å². The lowest BCUT2D eigenvalue weighted by Gasteiger charge is -2.38. The van der Waals surface area contributed by atoms with Crippen LogP contribution >= 0.6 is 0 Å². The first-order valence-electron chi connectivity index (χ1n) is 8.32. The quantitative estimate of drug-likeness (QED) is 0.419. The molecule has 0 saturated heterocycles. The summed E-state index contributed by atoms with van der Waals surface area (Å²) in [7, 11) is 1.38. The van der Waals surface area contributed by atoms with E-state index >= 15 is 0 Å². The zero-order chi connectivity index (χ0) is 20.0. The van der Waals surface area contributed by atoms with Gasteiger partial charge in [0.15, 0.2) is 5.54 Å². The van der Waals surface area contributed by atoms with E-state index in [2.05, 4.69) is 0 Å². The zero-order valence-corrected chi connectivity index (χ0v) is 16.1. The largest absolute Gasteiger partial charge is 0.444 e. The van der Waals surface area contributed by atoms with Gasteiger partial charge in [-0.1, -0.05) is 37.3 Å². The first kappa shape index (κ1) is 21.6. The maximum Gasteiger partial charge on any atom is 0.411 e. The predicted octanol–water partition coefficient (Wildman–Crippen LogP) is 3.12. The Morgan fingerprint density at radius 1 is 1.15 bits per heavy atom. The van der Waals surface area contributed by atoms with Gasteiger partial charge in [-0.25, -0.2) is 9.59 Å². The fraction of sp³-hybridized carbons (Fsp3) is 0.526. The minimum Gasteiger partial charge on any atom is -0.444 e. The van der Waals surface area contributed by atoms with Gasteiger partial charge in [-0.2, -0.15) is 4.89 Å². The molecule has 144 valence electrons. The molecule has 1 amide bonds. The van der Waals surface area contributed by atoms with Crippen LogP contribution < -0.4 is 0 Å². The van der Waals surface area contributed by atoms with Crippen molar-refractivity contribution in [2.75, 3.05) is 7.05 Å². The molecule has 0 aliphatic rings. The lowest BCUT2D eigenvalue weighted by atomic mass is 9.87. The Labute approximate surface area is 154 Å². The van der Waals surface area contributed by atoms with Crippen molar-refractivity contribution in [3.63, 3.8) is 0 Å². The molecule has 0 aliphatic heterocycles. The summed E-state index contributed by atoms with van der Waals surface area (Å²) < 4.78 is 5.29. The van der Waals surface area contributed by atoms with Crippen molar-refractivity contribution in [3.05, 3.63) is 35.9 Å². The molecule has 0 heterocycles. The van der Waals surface area contributed by atoms with Crippen molar-refractivity contribution >= 4 is 18.3 Å². The van der Waals surface area contributed by atoms with Gasteiger partial charge in [-0.05, 0) is 33.3 Å². The maximum absolute atomic E-state index is 12.6. The number of amides is 1. The average Bonchev–Trinajstić information content (AvgIpc) is 2.58. The molecule has 0 saturated carbocycles. The van der Waals surface area contributed by atoms with E-state index in [1.807, 2.05) is 30.3 Å². The molecule has 1 aromatic carbocycles. The molecule has 0 bridgehead atoms. The highest BCUT2D eigenvalue weighted by Gasteiger charge is 2.48. The maximum atomic E-state index is 12.6. The normalized spacial score (nSPS) is 14.7. The number of nitrogens with zero attached hydrogens (tertiary/aromatic N) is 1. The Morgan fingerprint density at radius 3 is 2.23 bits per heavy atom. The van der Waals surface area contributed by atoms with Crippen molar-refractivity contribution < 1.29 is 28.9 Å². The number of aldehydes is 1. The molecular formula is C19H27NO6. The summed E-state index contributed by atoms with van der Waals surface area (Å²) >= 11 is 0. The third kappa shape index (κ3) is 5.56. The molecule has 0 fully saturated rings. The molecule has 1 aromatic rings. The van der Waals surface area contributed by atoms with Gasteiger partial charge >= 0.3 is 12.1 Å². The Kier molecular flexibility index (Phi) is 7.32. The van der Waals surface area contributed by atoms with Gasteiger partial charge in [-0.15, -0.1) is 0 Å². The second-order valence-electron chi connectivity index (χ2n) is 7.23. The Bertz CT molecular complexity index is 625. The van der Waals surface area contributed by atoms with Crippen LogP contribution in [0, 0.1) is 5.92 Å². The molecule has 0 aromatic heterocycles. The Morgan fingerprint density at radius 2 is 1.73 bits per heavy atom. The van der Waals surface area contributed by atoms with Crippen molar-refractivity contribution in [1.82, 2.24) is 4.90 Å². The highest BCUT2D eigenvalue weighted by Crippen LogP contribution is 2.26. The highest BCUT2D eigenvalue weighted by atomic mass is 17.2. The summed E-state index contributed by atoms with van der Waals surface area (Å²) in [5, 5.41) is 0. The van der Waals surface area contributed by atoms with E-state index in [1.165, 1.54) is 20.9 Å². The third-order valence-electron chi connectivity index (χ3n) is 4.07. The van der Waals surface area contributed by atoms with Gasteiger partial charge in [0.2, 0.25) is 0 Å². The van der Waals surface area contributed by atoms with Gasteiger partial charge in [-0.3, -0.25) is 9.79 Å². The van der Waals surface area contributed by atoms with E-state index in [0.717, 1.165) is 10.5 Å². The van der Waals surface area contributed by atoms with Crippen molar-refractivity contribution in [1.29, 1.82) is 0 Å². The van der Waals surface area contributed by atoms with Gasteiger partial charge in [0.05, 0.1) is 0 Å². The monoisotopic (exact) mass is 365 g/mol. The van der Waals surface area contributed by atoms with Gasteiger partial charge in [0.25, 0.3) is 0 Å². The average molecular weight is 365 g/mol. The van der Waals surface area contributed by atoms with Crippen LogP contribution in [0.2, 0.25) is 0 Å². The van der Waals surface area contributed by atoms with Crippen molar-refractivity contribution in [2.45, 2.75) is 52.4 Å². The van der Waals surface area contributed by atoms with Crippen LogP contribution in [0.1, 0.15) is 40.2 Å². The number of hydrogen-bond donors (Lipinski definition) is 0. The van der Waals surface area contributed by atoms with Crippen LogP contribution in [0.15, 0.2) is 30.3 Å². The molecule has 1 rings (SSSR count). The van der Waals surface area contributed by atoms with Crippen LogP contribution in [-0.2, 0) is 30.7 Å². The van der Waals surface area contributed by atoms with E-state index in [-0.39, 0.29) is 6.61 Å². The number of rotatable bonds is 7. The molecule has 2 atom stereocenters. The summed E-state index contributed by atoms with van der Waals surface area (Å²) in [6, 6.07) is 9.14. The number of carbonyl (C=O) groups is 3. The minimum atomic E-state index is -1.58. The topological polar surface area (TPSA) is 82.1 Å². The SMILES string of the molecule is CC(C=O)[C@@](C)(C(=O)OOCc1ccccc1)N(C)C(=O)OC(C)(C)C. The summed E-state index contributed by atoms with van der Waals surface area (Å²) in [4.78, 5) is 47.3. The van der Waals surface area contributed by atoms with Crippen LogP contribution in [0.25, 0.3) is 0 Å². The summed E-state index contributed by atoms with van der Waals surface area (Å²) in [5.41, 5.74) is -1.52. The fourth-order valence-corrected chi connectivity index (χ4v) is 2.09. The zero-order valence-electron chi connectivity index (χ0n) is 16.1. The number of ether oxygens (including phenoxy) is 1. The molecule has 7 nitrogen and oxygen atoms in total. The van der Waals surface area contributed by atoms with E-state index in [1.54, 1.807) is 20.8 Å². The molecule has 0 N–H and O–H groups in total. The number of hydrogen-bond acceptors (Lipinski definition) is 6. The molecule has 0 spiro atoms. The molecule has 7 heteroatoms. The van der Waals surface area contributed by atoms with Crippen LogP contribution in [0.5, 0.6) is 0 Å². The summed E-state index contributed by atoms with van der Waals surface area (Å²) in [5.74, 6) is -1.70. The van der Waals surface area contributed by atoms with Crippen LogP contribution in [0.3, 0.4) is 0 Å². The van der Waals surface area contributed by atoms with Crippen LogP contribution in [-0.4, -0.2) is 41.4 Å². The first-order chi connectivity index (χ1) is 12.0. The van der Waals surface area contributed by atoms with Crippen molar-refractivity contribution in [2.24, 2.45) is 5.92 Å². The lowest BCUT2D eigenvalue weighted by molar-refractivity contribution is -0.288.